The normalized spacial score (nSPS) is 10.7. The van der Waals surface area contributed by atoms with Gasteiger partial charge in [0.25, 0.3) is 5.91 Å². The van der Waals surface area contributed by atoms with E-state index in [0.717, 1.165) is 23.0 Å². The molecule has 0 aliphatic heterocycles. The Morgan fingerprint density at radius 1 is 1.38 bits per heavy atom. The van der Waals surface area contributed by atoms with Gasteiger partial charge < -0.3 is 9.47 Å². The van der Waals surface area contributed by atoms with Gasteiger partial charge in [-0.25, -0.2) is 0 Å². The first-order valence-corrected chi connectivity index (χ1v) is 8.04. The molecular formula is C16H18BrClN2O. The Balaban J connectivity index is 2.18. The fraction of sp³-hybridized carbons (Fsp3) is 0.312. The van der Waals surface area contributed by atoms with Crippen LogP contribution in [0.1, 0.15) is 29.4 Å². The minimum absolute atomic E-state index is 0.0221. The molecule has 1 heterocycles. The van der Waals surface area contributed by atoms with Crippen molar-refractivity contribution in [1.82, 2.24) is 9.47 Å². The Morgan fingerprint density at radius 2 is 2.10 bits per heavy atom. The maximum atomic E-state index is 12.6. The van der Waals surface area contributed by atoms with E-state index >= 15 is 0 Å². The van der Waals surface area contributed by atoms with Gasteiger partial charge in [0.05, 0.1) is 5.02 Å². The number of hydrogen-bond acceptors (Lipinski definition) is 1. The first-order chi connectivity index (χ1) is 10.0. The van der Waals surface area contributed by atoms with E-state index < -0.39 is 0 Å². The van der Waals surface area contributed by atoms with Crippen molar-refractivity contribution in [2.45, 2.75) is 26.4 Å². The Bertz CT molecular complexity index is 639. The molecule has 0 radical (unpaired) electrons. The summed E-state index contributed by atoms with van der Waals surface area (Å²) in [5.41, 5.74) is 1.71. The fourth-order valence-electron chi connectivity index (χ4n) is 2.23. The van der Waals surface area contributed by atoms with Crippen molar-refractivity contribution in [2.24, 2.45) is 0 Å². The predicted molar refractivity (Wildman–Crippen MR) is 89.7 cm³/mol. The molecule has 0 N–H and O–H groups in total. The quantitative estimate of drug-likeness (QED) is 0.757. The van der Waals surface area contributed by atoms with E-state index in [9.17, 15) is 4.79 Å². The topological polar surface area (TPSA) is 25.2 Å². The van der Waals surface area contributed by atoms with Crippen LogP contribution >= 0.6 is 27.5 Å². The molecule has 112 valence electrons. The number of aryl methyl sites for hydroxylation is 1. The molecule has 1 aromatic carbocycles. The van der Waals surface area contributed by atoms with Gasteiger partial charge in [-0.05, 0) is 24.1 Å². The lowest BCUT2D eigenvalue weighted by Gasteiger charge is -2.19. The highest BCUT2D eigenvalue weighted by atomic mass is 79.9. The minimum Gasteiger partial charge on any atom is -0.342 e. The number of halogens is 2. The molecule has 0 aliphatic carbocycles. The minimum atomic E-state index is -0.0221. The van der Waals surface area contributed by atoms with Gasteiger partial charge in [-0.1, -0.05) is 52.7 Å². The van der Waals surface area contributed by atoms with Crippen LogP contribution in [0.5, 0.6) is 0 Å². The van der Waals surface area contributed by atoms with Crippen molar-refractivity contribution < 1.29 is 4.79 Å². The first-order valence-electron chi connectivity index (χ1n) is 6.87. The summed E-state index contributed by atoms with van der Waals surface area (Å²) in [6, 6.07) is 9.64. The van der Waals surface area contributed by atoms with Gasteiger partial charge in [0, 0.05) is 30.8 Å². The zero-order valence-electron chi connectivity index (χ0n) is 12.1. The summed E-state index contributed by atoms with van der Waals surface area (Å²) < 4.78 is 2.92. The van der Waals surface area contributed by atoms with Crippen molar-refractivity contribution in [3.05, 3.63) is 57.3 Å². The number of aromatic nitrogens is 1. The van der Waals surface area contributed by atoms with E-state index in [1.54, 1.807) is 18.0 Å². The molecule has 1 aromatic heterocycles. The van der Waals surface area contributed by atoms with Crippen LogP contribution in [0.4, 0.5) is 0 Å². The molecule has 0 unspecified atom stereocenters. The zero-order valence-corrected chi connectivity index (χ0v) is 14.5. The van der Waals surface area contributed by atoms with Gasteiger partial charge in [-0.2, -0.15) is 0 Å². The third-order valence-corrected chi connectivity index (χ3v) is 4.24. The largest absolute Gasteiger partial charge is 0.342 e. The smallest absolute Gasteiger partial charge is 0.270 e. The molecular weight excluding hydrogens is 352 g/mol. The number of carbonyl (C=O) groups is 1. The van der Waals surface area contributed by atoms with Crippen LogP contribution in [-0.2, 0) is 13.1 Å². The van der Waals surface area contributed by atoms with E-state index in [-0.39, 0.29) is 5.91 Å². The van der Waals surface area contributed by atoms with Crippen molar-refractivity contribution in [2.75, 3.05) is 7.05 Å². The van der Waals surface area contributed by atoms with Crippen LogP contribution in [-0.4, -0.2) is 22.4 Å². The number of benzene rings is 1. The Morgan fingerprint density at radius 3 is 2.76 bits per heavy atom. The fourth-order valence-corrected chi connectivity index (χ4v) is 2.86. The average Bonchev–Trinajstić information content (AvgIpc) is 2.81. The monoisotopic (exact) mass is 368 g/mol. The van der Waals surface area contributed by atoms with E-state index in [4.69, 9.17) is 11.6 Å². The molecule has 0 saturated heterocycles. The summed E-state index contributed by atoms with van der Waals surface area (Å²) in [6.07, 6.45) is 2.77. The molecule has 0 saturated carbocycles. The molecule has 3 nitrogen and oxygen atoms in total. The van der Waals surface area contributed by atoms with Crippen LogP contribution in [0.2, 0.25) is 5.02 Å². The molecule has 2 aromatic rings. The summed E-state index contributed by atoms with van der Waals surface area (Å²) in [5, 5.41) is 0.598. The molecule has 5 heteroatoms. The average molecular weight is 370 g/mol. The summed E-state index contributed by atoms with van der Waals surface area (Å²) in [7, 11) is 1.80. The van der Waals surface area contributed by atoms with Gasteiger partial charge in [-0.15, -0.1) is 0 Å². The van der Waals surface area contributed by atoms with E-state index in [1.165, 1.54) is 0 Å². The van der Waals surface area contributed by atoms with E-state index in [0.29, 0.717) is 17.3 Å². The van der Waals surface area contributed by atoms with Crippen molar-refractivity contribution >= 4 is 33.4 Å². The SMILES string of the molecule is CCCn1cc(Cl)cc1C(=O)N(C)Cc1ccccc1Br. The van der Waals surface area contributed by atoms with Gasteiger partial charge in [0.15, 0.2) is 0 Å². The van der Waals surface area contributed by atoms with E-state index in [2.05, 4.69) is 22.9 Å². The summed E-state index contributed by atoms with van der Waals surface area (Å²) >= 11 is 9.55. The number of carbonyl (C=O) groups excluding carboxylic acids is 1. The molecule has 0 atom stereocenters. The van der Waals surface area contributed by atoms with Crippen LogP contribution in [0.25, 0.3) is 0 Å². The van der Waals surface area contributed by atoms with Crippen LogP contribution < -0.4 is 0 Å². The van der Waals surface area contributed by atoms with Crippen molar-refractivity contribution in [3.8, 4) is 0 Å². The van der Waals surface area contributed by atoms with Gasteiger partial charge in [-0.3, -0.25) is 4.79 Å². The standard InChI is InChI=1S/C16H18BrClN2O/c1-3-8-20-11-13(18)9-15(20)16(21)19(2)10-12-6-4-5-7-14(12)17/h4-7,9,11H,3,8,10H2,1-2H3. The lowest BCUT2D eigenvalue weighted by atomic mass is 10.2. The number of amides is 1. The second kappa shape index (κ2) is 7.14. The molecule has 0 bridgehead atoms. The lowest BCUT2D eigenvalue weighted by molar-refractivity contribution is 0.0774. The highest BCUT2D eigenvalue weighted by Gasteiger charge is 2.17. The second-order valence-corrected chi connectivity index (χ2v) is 6.28. The maximum absolute atomic E-state index is 12.6. The Labute approximate surface area is 138 Å². The van der Waals surface area contributed by atoms with Gasteiger partial charge in [0.2, 0.25) is 0 Å². The first kappa shape index (κ1) is 16.1. The molecule has 0 spiro atoms. The lowest BCUT2D eigenvalue weighted by Crippen LogP contribution is -2.28. The van der Waals surface area contributed by atoms with Crippen LogP contribution in [0, 0.1) is 0 Å². The Hall–Kier alpha value is -1.26. The van der Waals surface area contributed by atoms with Crippen molar-refractivity contribution in [1.29, 1.82) is 0 Å². The highest BCUT2D eigenvalue weighted by Crippen LogP contribution is 2.20. The summed E-state index contributed by atoms with van der Waals surface area (Å²) in [4.78, 5) is 14.3. The maximum Gasteiger partial charge on any atom is 0.270 e. The number of rotatable bonds is 5. The van der Waals surface area contributed by atoms with Gasteiger partial charge >= 0.3 is 0 Å². The molecule has 0 fully saturated rings. The molecule has 1 amide bonds. The van der Waals surface area contributed by atoms with Crippen LogP contribution in [0.15, 0.2) is 41.0 Å². The van der Waals surface area contributed by atoms with Gasteiger partial charge in [0.1, 0.15) is 5.69 Å². The zero-order chi connectivity index (χ0) is 15.4. The van der Waals surface area contributed by atoms with Crippen LogP contribution in [0.3, 0.4) is 0 Å². The number of nitrogens with zero attached hydrogens (tertiary/aromatic N) is 2. The summed E-state index contributed by atoms with van der Waals surface area (Å²) in [5.74, 6) is -0.0221. The highest BCUT2D eigenvalue weighted by molar-refractivity contribution is 9.10. The Kier molecular flexibility index (Phi) is 5.48. The van der Waals surface area contributed by atoms with Crippen molar-refractivity contribution in [3.63, 3.8) is 0 Å². The summed E-state index contributed by atoms with van der Waals surface area (Å²) in [6.45, 7) is 3.42. The third-order valence-electron chi connectivity index (χ3n) is 3.26. The predicted octanol–water partition coefficient (Wildman–Crippen LogP) is 4.59. The molecule has 21 heavy (non-hydrogen) atoms. The molecule has 0 aliphatic rings. The number of hydrogen-bond donors (Lipinski definition) is 0. The van der Waals surface area contributed by atoms with E-state index in [1.807, 2.05) is 35.0 Å². The molecule has 2 rings (SSSR count). The second-order valence-electron chi connectivity index (χ2n) is 4.99. The third kappa shape index (κ3) is 3.89.